The first-order chi connectivity index (χ1) is 12.4. The van der Waals surface area contributed by atoms with Crippen LogP contribution < -0.4 is 10.1 Å². The van der Waals surface area contributed by atoms with Crippen molar-refractivity contribution in [2.24, 2.45) is 5.92 Å². The molecule has 2 atom stereocenters. The molecular weight excluding hydrogens is 336 g/mol. The molecule has 0 aromatic heterocycles. The van der Waals surface area contributed by atoms with Gasteiger partial charge in [-0.3, -0.25) is 9.59 Å². The van der Waals surface area contributed by atoms with Crippen LogP contribution in [0.1, 0.15) is 24.8 Å². The number of aliphatic carboxylic acids is 1. The van der Waals surface area contributed by atoms with Gasteiger partial charge in [0.2, 0.25) is 11.8 Å². The number of likely N-dealkylation sites (tertiary alicyclic amines) is 1. The number of nitrogens with zero attached hydrogens (tertiary/aromatic N) is 1. The normalized spacial score (nSPS) is 17.7. The number of ether oxygens (including phenoxy) is 1. The van der Waals surface area contributed by atoms with Crippen molar-refractivity contribution in [1.29, 1.82) is 0 Å². The topological polar surface area (TPSA) is 95.9 Å². The molecule has 0 spiro atoms. The van der Waals surface area contributed by atoms with E-state index in [2.05, 4.69) is 11.9 Å². The van der Waals surface area contributed by atoms with Gasteiger partial charge in [-0.2, -0.15) is 0 Å². The molecule has 7 heteroatoms. The number of methoxy groups -OCH3 is 1. The Hall–Kier alpha value is -2.83. The molecule has 2 rings (SSSR count). The molecule has 0 radical (unpaired) electrons. The van der Waals surface area contributed by atoms with Crippen molar-refractivity contribution in [3.8, 4) is 5.75 Å². The maximum absolute atomic E-state index is 12.4. The molecule has 2 unspecified atom stereocenters. The van der Waals surface area contributed by atoms with Gasteiger partial charge in [0.15, 0.2) is 0 Å². The minimum Gasteiger partial charge on any atom is -0.497 e. The molecule has 1 aromatic rings. The van der Waals surface area contributed by atoms with Crippen LogP contribution in [0.5, 0.6) is 5.75 Å². The molecule has 1 aromatic carbocycles. The summed E-state index contributed by atoms with van der Waals surface area (Å²) in [5.74, 6) is -1.39. The van der Waals surface area contributed by atoms with Crippen LogP contribution in [-0.2, 0) is 20.9 Å². The van der Waals surface area contributed by atoms with Crippen LogP contribution in [0.3, 0.4) is 0 Å². The van der Waals surface area contributed by atoms with Crippen LogP contribution in [0, 0.1) is 5.92 Å². The molecule has 0 saturated carbocycles. The summed E-state index contributed by atoms with van der Waals surface area (Å²) in [4.78, 5) is 37.4. The van der Waals surface area contributed by atoms with Crippen LogP contribution >= 0.6 is 0 Å². The van der Waals surface area contributed by atoms with Gasteiger partial charge in [-0.25, -0.2) is 4.79 Å². The Kier molecular flexibility index (Phi) is 6.77. The maximum Gasteiger partial charge on any atom is 0.326 e. The first-order valence-corrected chi connectivity index (χ1v) is 8.49. The van der Waals surface area contributed by atoms with E-state index in [9.17, 15) is 19.5 Å². The van der Waals surface area contributed by atoms with Gasteiger partial charge in [-0.1, -0.05) is 18.2 Å². The number of carbonyl (C=O) groups is 3. The first kappa shape index (κ1) is 19.5. The molecule has 26 heavy (non-hydrogen) atoms. The highest BCUT2D eigenvalue weighted by atomic mass is 16.5. The zero-order chi connectivity index (χ0) is 19.1. The van der Waals surface area contributed by atoms with Crippen molar-refractivity contribution in [2.45, 2.75) is 31.8 Å². The fourth-order valence-corrected chi connectivity index (χ4v) is 2.88. The van der Waals surface area contributed by atoms with Gasteiger partial charge >= 0.3 is 5.97 Å². The van der Waals surface area contributed by atoms with E-state index in [0.717, 1.165) is 11.3 Å². The third kappa shape index (κ3) is 5.08. The molecule has 1 saturated heterocycles. The standard InChI is InChI=1S/C19H24N2O5/c1-3-4-5-16(19(24)25)20-18(23)14-10-17(22)21(12-14)11-13-6-8-15(26-2)9-7-13/h3,6-9,14,16H,1,4-5,10-12H2,2H3,(H,20,23)(H,24,25). The molecule has 1 aliphatic heterocycles. The van der Waals surface area contributed by atoms with Crippen molar-refractivity contribution in [2.75, 3.05) is 13.7 Å². The van der Waals surface area contributed by atoms with E-state index in [1.165, 1.54) is 0 Å². The van der Waals surface area contributed by atoms with Crippen molar-refractivity contribution in [3.63, 3.8) is 0 Å². The number of rotatable bonds is 9. The fraction of sp³-hybridized carbons (Fsp3) is 0.421. The van der Waals surface area contributed by atoms with E-state index in [0.29, 0.717) is 13.0 Å². The molecule has 1 heterocycles. The summed E-state index contributed by atoms with van der Waals surface area (Å²) in [6.45, 7) is 4.24. The SMILES string of the molecule is C=CCCC(NC(=O)C1CC(=O)N(Cc2ccc(OC)cc2)C1)C(=O)O. The average molecular weight is 360 g/mol. The molecular formula is C19H24N2O5. The number of hydrogen-bond acceptors (Lipinski definition) is 4. The summed E-state index contributed by atoms with van der Waals surface area (Å²) in [5.41, 5.74) is 0.939. The van der Waals surface area contributed by atoms with E-state index in [4.69, 9.17) is 4.74 Å². The van der Waals surface area contributed by atoms with Crippen LogP contribution in [0.25, 0.3) is 0 Å². The van der Waals surface area contributed by atoms with Crippen molar-refractivity contribution in [3.05, 3.63) is 42.5 Å². The lowest BCUT2D eigenvalue weighted by atomic mass is 10.1. The largest absolute Gasteiger partial charge is 0.497 e. The minimum atomic E-state index is -1.08. The highest BCUT2D eigenvalue weighted by molar-refractivity contribution is 5.91. The highest BCUT2D eigenvalue weighted by Crippen LogP contribution is 2.22. The summed E-state index contributed by atoms with van der Waals surface area (Å²) in [6.07, 6.45) is 2.47. The number of amides is 2. The summed E-state index contributed by atoms with van der Waals surface area (Å²) in [7, 11) is 1.58. The highest BCUT2D eigenvalue weighted by Gasteiger charge is 2.35. The van der Waals surface area contributed by atoms with E-state index in [1.54, 1.807) is 18.1 Å². The predicted molar refractivity (Wildman–Crippen MR) is 95.5 cm³/mol. The van der Waals surface area contributed by atoms with Gasteiger partial charge in [0.05, 0.1) is 13.0 Å². The lowest BCUT2D eigenvalue weighted by molar-refractivity contribution is -0.142. The lowest BCUT2D eigenvalue weighted by Crippen LogP contribution is -2.44. The van der Waals surface area contributed by atoms with Crippen molar-refractivity contribution < 1.29 is 24.2 Å². The van der Waals surface area contributed by atoms with Crippen molar-refractivity contribution in [1.82, 2.24) is 10.2 Å². The number of nitrogens with one attached hydrogen (secondary N) is 1. The monoisotopic (exact) mass is 360 g/mol. The third-order valence-corrected chi connectivity index (χ3v) is 4.39. The second kappa shape index (κ2) is 9.03. The minimum absolute atomic E-state index is 0.0930. The molecule has 1 aliphatic rings. The Morgan fingerprint density at radius 1 is 1.42 bits per heavy atom. The summed E-state index contributed by atoms with van der Waals surface area (Å²) >= 11 is 0. The second-order valence-corrected chi connectivity index (χ2v) is 6.29. The van der Waals surface area contributed by atoms with Gasteiger partial charge in [-0.05, 0) is 30.5 Å². The number of benzene rings is 1. The fourth-order valence-electron chi connectivity index (χ4n) is 2.88. The van der Waals surface area contributed by atoms with E-state index >= 15 is 0 Å². The number of carboxylic acid groups (broad SMARTS) is 1. The van der Waals surface area contributed by atoms with Crippen LogP contribution in [0.2, 0.25) is 0 Å². The Morgan fingerprint density at radius 3 is 2.69 bits per heavy atom. The zero-order valence-corrected chi connectivity index (χ0v) is 14.8. The van der Waals surface area contributed by atoms with Gasteiger partial charge in [0.1, 0.15) is 11.8 Å². The quantitative estimate of drug-likeness (QED) is 0.652. The smallest absolute Gasteiger partial charge is 0.326 e. The number of hydrogen-bond donors (Lipinski definition) is 2. The molecule has 7 nitrogen and oxygen atoms in total. The van der Waals surface area contributed by atoms with Crippen molar-refractivity contribution >= 4 is 17.8 Å². The van der Waals surface area contributed by atoms with Gasteiger partial charge in [0.25, 0.3) is 0 Å². The summed E-state index contributed by atoms with van der Waals surface area (Å²) < 4.78 is 5.11. The predicted octanol–water partition coefficient (Wildman–Crippen LogP) is 1.58. The maximum atomic E-state index is 12.4. The molecule has 140 valence electrons. The molecule has 0 bridgehead atoms. The third-order valence-electron chi connectivity index (χ3n) is 4.39. The Bertz CT molecular complexity index is 671. The van der Waals surface area contributed by atoms with E-state index in [-0.39, 0.29) is 25.3 Å². The number of carbonyl (C=O) groups excluding carboxylic acids is 2. The van der Waals surface area contributed by atoms with Crippen LogP contribution in [0.4, 0.5) is 0 Å². The van der Waals surface area contributed by atoms with E-state index < -0.39 is 23.8 Å². The van der Waals surface area contributed by atoms with Gasteiger partial charge in [-0.15, -0.1) is 6.58 Å². The van der Waals surface area contributed by atoms with Crippen LogP contribution in [0.15, 0.2) is 36.9 Å². The zero-order valence-electron chi connectivity index (χ0n) is 14.8. The number of allylic oxidation sites excluding steroid dienone is 1. The molecule has 1 fully saturated rings. The first-order valence-electron chi connectivity index (χ1n) is 8.49. The van der Waals surface area contributed by atoms with Gasteiger partial charge in [0, 0.05) is 19.5 Å². The number of carboxylic acids is 1. The van der Waals surface area contributed by atoms with Gasteiger partial charge < -0.3 is 20.1 Å². The Morgan fingerprint density at radius 2 is 2.12 bits per heavy atom. The average Bonchev–Trinajstić information content (AvgIpc) is 2.99. The Balaban J connectivity index is 1.93. The van der Waals surface area contributed by atoms with E-state index in [1.807, 2.05) is 24.3 Å². The molecule has 2 amide bonds. The lowest BCUT2D eigenvalue weighted by Gasteiger charge is -2.18. The second-order valence-electron chi connectivity index (χ2n) is 6.29. The summed E-state index contributed by atoms with van der Waals surface area (Å²) in [6, 6.07) is 6.41. The Labute approximate surface area is 152 Å². The summed E-state index contributed by atoms with van der Waals surface area (Å²) in [5, 5.41) is 11.7. The van der Waals surface area contributed by atoms with Crippen LogP contribution in [-0.4, -0.2) is 47.5 Å². The molecule has 0 aliphatic carbocycles. The molecule has 2 N–H and O–H groups in total.